The first kappa shape index (κ1) is 7.55. The molecule has 10 heavy (non-hydrogen) atoms. The van der Waals surface area contributed by atoms with Crippen molar-refractivity contribution in [2.75, 3.05) is 6.61 Å². The lowest BCUT2D eigenvalue weighted by Crippen LogP contribution is -2.26. The SMILES string of the molecule is C=CC(=C)CCC1CCO1. The molecule has 1 heteroatoms. The molecule has 1 saturated heterocycles. The third kappa shape index (κ3) is 1.99. The van der Waals surface area contributed by atoms with Crippen LogP contribution in [0.4, 0.5) is 0 Å². The lowest BCUT2D eigenvalue weighted by molar-refractivity contribution is -0.0540. The molecule has 0 bridgehead atoms. The van der Waals surface area contributed by atoms with Gasteiger partial charge in [-0.25, -0.2) is 0 Å². The van der Waals surface area contributed by atoms with Gasteiger partial charge < -0.3 is 4.74 Å². The predicted octanol–water partition coefficient (Wildman–Crippen LogP) is 2.30. The average molecular weight is 138 g/mol. The molecule has 1 unspecified atom stereocenters. The van der Waals surface area contributed by atoms with Gasteiger partial charge in [0.2, 0.25) is 0 Å². The summed E-state index contributed by atoms with van der Waals surface area (Å²) in [6.45, 7) is 8.42. The second-order valence-corrected chi connectivity index (χ2v) is 2.68. The smallest absolute Gasteiger partial charge is 0.0600 e. The lowest BCUT2D eigenvalue weighted by Gasteiger charge is -2.26. The van der Waals surface area contributed by atoms with Crippen LogP contribution in [0.5, 0.6) is 0 Å². The van der Waals surface area contributed by atoms with E-state index in [1.807, 2.05) is 6.08 Å². The third-order valence-electron chi connectivity index (χ3n) is 1.87. The van der Waals surface area contributed by atoms with Gasteiger partial charge in [0.1, 0.15) is 0 Å². The molecule has 0 N–H and O–H groups in total. The van der Waals surface area contributed by atoms with Crippen LogP contribution in [0, 0.1) is 0 Å². The van der Waals surface area contributed by atoms with E-state index in [1.165, 1.54) is 6.42 Å². The van der Waals surface area contributed by atoms with Crippen LogP contribution in [0.25, 0.3) is 0 Å². The molecule has 1 aliphatic rings. The van der Waals surface area contributed by atoms with Crippen LogP contribution in [-0.4, -0.2) is 12.7 Å². The standard InChI is InChI=1S/C9H14O/c1-3-8(2)4-5-9-6-7-10-9/h3,9H,1-2,4-7H2. The van der Waals surface area contributed by atoms with Crippen LogP contribution >= 0.6 is 0 Å². The van der Waals surface area contributed by atoms with Gasteiger partial charge in [0, 0.05) is 6.61 Å². The van der Waals surface area contributed by atoms with E-state index < -0.39 is 0 Å². The molecule has 1 nitrogen and oxygen atoms in total. The second kappa shape index (κ2) is 3.57. The summed E-state index contributed by atoms with van der Waals surface area (Å²) in [5, 5.41) is 0. The summed E-state index contributed by atoms with van der Waals surface area (Å²) in [4.78, 5) is 0. The highest BCUT2D eigenvalue weighted by Crippen LogP contribution is 2.18. The first-order valence-electron chi connectivity index (χ1n) is 3.74. The van der Waals surface area contributed by atoms with Gasteiger partial charge >= 0.3 is 0 Å². The van der Waals surface area contributed by atoms with Crippen molar-refractivity contribution in [3.05, 3.63) is 24.8 Å². The molecule has 56 valence electrons. The Hall–Kier alpha value is -0.560. The Labute approximate surface area is 62.4 Å². The maximum absolute atomic E-state index is 5.25. The number of hydrogen-bond donors (Lipinski definition) is 0. The molecule has 1 fully saturated rings. The van der Waals surface area contributed by atoms with E-state index in [4.69, 9.17) is 4.74 Å². The Morgan fingerprint density at radius 3 is 2.80 bits per heavy atom. The van der Waals surface area contributed by atoms with Crippen LogP contribution in [0.3, 0.4) is 0 Å². The molecule has 1 rings (SSSR count). The molecule has 1 aliphatic heterocycles. The van der Waals surface area contributed by atoms with Gasteiger partial charge in [-0.15, -0.1) is 0 Å². The van der Waals surface area contributed by atoms with Gasteiger partial charge in [-0.1, -0.05) is 24.8 Å². The minimum Gasteiger partial charge on any atom is -0.378 e. The zero-order chi connectivity index (χ0) is 7.40. The Balaban J connectivity index is 2.03. The van der Waals surface area contributed by atoms with E-state index in [0.717, 1.165) is 25.0 Å². The average Bonchev–Trinajstić information content (AvgIpc) is 1.84. The molecule has 0 aromatic carbocycles. The predicted molar refractivity (Wildman–Crippen MR) is 42.9 cm³/mol. The molecular formula is C9H14O. The first-order chi connectivity index (χ1) is 4.83. The highest BCUT2D eigenvalue weighted by molar-refractivity contribution is 5.10. The Bertz CT molecular complexity index is 134. The van der Waals surface area contributed by atoms with Gasteiger partial charge in [0.25, 0.3) is 0 Å². The maximum Gasteiger partial charge on any atom is 0.0600 e. The van der Waals surface area contributed by atoms with Crippen LogP contribution in [-0.2, 0) is 4.74 Å². The summed E-state index contributed by atoms with van der Waals surface area (Å²) in [5.41, 5.74) is 1.12. The van der Waals surface area contributed by atoms with Crippen molar-refractivity contribution in [1.82, 2.24) is 0 Å². The summed E-state index contributed by atoms with van der Waals surface area (Å²) >= 11 is 0. The number of rotatable bonds is 4. The van der Waals surface area contributed by atoms with E-state index >= 15 is 0 Å². The topological polar surface area (TPSA) is 9.23 Å². The van der Waals surface area contributed by atoms with E-state index in [-0.39, 0.29) is 0 Å². The van der Waals surface area contributed by atoms with Gasteiger partial charge in [-0.3, -0.25) is 0 Å². The van der Waals surface area contributed by atoms with Crippen molar-refractivity contribution >= 4 is 0 Å². The maximum atomic E-state index is 5.25. The zero-order valence-electron chi connectivity index (χ0n) is 6.31. The second-order valence-electron chi connectivity index (χ2n) is 2.68. The van der Waals surface area contributed by atoms with Crippen molar-refractivity contribution in [1.29, 1.82) is 0 Å². The molecule has 0 aromatic rings. The largest absolute Gasteiger partial charge is 0.378 e. The van der Waals surface area contributed by atoms with E-state index in [9.17, 15) is 0 Å². The van der Waals surface area contributed by atoms with E-state index in [0.29, 0.717) is 6.10 Å². The monoisotopic (exact) mass is 138 g/mol. The summed E-state index contributed by atoms with van der Waals surface area (Å²) in [7, 11) is 0. The zero-order valence-corrected chi connectivity index (χ0v) is 6.31. The Morgan fingerprint density at radius 1 is 1.70 bits per heavy atom. The van der Waals surface area contributed by atoms with Crippen molar-refractivity contribution in [3.8, 4) is 0 Å². The lowest BCUT2D eigenvalue weighted by atomic mass is 10.0. The quantitative estimate of drug-likeness (QED) is 0.541. The fourth-order valence-corrected chi connectivity index (χ4v) is 0.961. The fraction of sp³-hybridized carbons (Fsp3) is 0.556. The first-order valence-corrected chi connectivity index (χ1v) is 3.74. The van der Waals surface area contributed by atoms with Crippen molar-refractivity contribution in [2.24, 2.45) is 0 Å². The van der Waals surface area contributed by atoms with Gasteiger partial charge in [-0.05, 0) is 19.3 Å². The molecular weight excluding hydrogens is 124 g/mol. The Morgan fingerprint density at radius 2 is 2.40 bits per heavy atom. The minimum atomic E-state index is 0.511. The van der Waals surface area contributed by atoms with E-state index in [1.54, 1.807) is 0 Å². The molecule has 0 aliphatic carbocycles. The fourth-order valence-electron chi connectivity index (χ4n) is 0.961. The van der Waals surface area contributed by atoms with Gasteiger partial charge in [0.05, 0.1) is 6.10 Å². The molecule has 0 aromatic heterocycles. The van der Waals surface area contributed by atoms with Crippen LogP contribution in [0.1, 0.15) is 19.3 Å². The van der Waals surface area contributed by atoms with Crippen molar-refractivity contribution < 1.29 is 4.74 Å². The molecule has 0 radical (unpaired) electrons. The van der Waals surface area contributed by atoms with E-state index in [2.05, 4.69) is 13.2 Å². The highest BCUT2D eigenvalue weighted by Gasteiger charge is 2.16. The third-order valence-corrected chi connectivity index (χ3v) is 1.87. The van der Waals surface area contributed by atoms with Crippen LogP contribution in [0.15, 0.2) is 24.8 Å². The molecule has 0 saturated carbocycles. The van der Waals surface area contributed by atoms with Gasteiger partial charge in [-0.2, -0.15) is 0 Å². The summed E-state index contributed by atoms with van der Waals surface area (Å²) in [6.07, 6.45) is 5.71. The number of allylic oxidation sites excluding steroid dienone is 2. The Kier molecular flexibility index (Phi) is 2.69. The normalized spacial score (nSPS) is 23.4. The van der Waals surface area contributed by atoms with Crippen molar-refractivity contribution in [3.63, 3.8) is 0 Å². The summed E-state index contributed by atoms with van der Waals surface area (Å²) in [5.74, 6) is 0. The highest BCUT2D eigenvalue weighted by atomic mass is 16.5. The molecule has 0 spiro atoms. The van der Waals surface area contributed by atoms with Crippen molar-refractivity contribution in [2.45, 2.75) is 25.4 Å². The number of hydrogen-bond acceptors (Lipinski definition) is 1. The van der Waals surface area contributed by atoms with Crippen LogP contribution in [0.2, 0.25) is 0 Å². The van der Waals surface area contributed by atoms with Gasteiger partial charge in [0.15, 0.2) is 0 Å². The van der Waals surface area contributed by atoms with Crippen LogP contribution < -0.4 is 0 Å². The molecule has 1 atom stereocenters. The minimum absolute atomic E-state index is 0.511. The summed E-state index contributed by atoms with van der Waals surface area (Å²) in [6, 6.07) is 0. The number of ether oxygens (including phenoxy) is 1. The molecule has 1 heterocycles. The summed E-state index contributed by atoms with van der Waals surface area (Å²) < 4.78 is 5.25. The molecule has 0 amide bonds.